The number of nitrogens with one attached hydrogen (secondary N) is 1. The van der Waals surface area contributed by atoms with E-state index in [4.69, 9.17) is 0 Å². The van der Waals surface area contributed by atoms with Gasteiger partial charge in [0.1, 0.15) is 0 Å². The van der Waals surface area contributed by atoms with Crippen LogP contribution in [-0.4, -0.2) is 34.1 Å². The van der Waals surface area contributed by atoms with Gasteiger partial charge in [0.2, 0.25) is 0 Å². The van der Waals surface area contributed by atoms with Crippen molar-refractivity contribution in [3.05, 3.63) is 29.5 Å². The Morgan fingerprint density at radius 3 is 2.89 bits per heavy atom. The highest BCUT2D eigenvalue weighted by atomic mass is 16.2. The monoisotopic (exact) mass is 245 g/mol. The molecule has 1 N–H and O–H groups in total. The number of nitrogens with zero attached hydrogens (tertiary/aromatic N) is 2. The number of aromatic amines is 1. The highest BCUT2D eigenvalue weighted by Crippen LogP contribution is 2.25. The number of H-pyrrole nitrogens is 1. The predicted molar refractivity (Wildman–Crippen MR) is 72.7 cm³/mol. The van der Waals surface area contributed by atoms with Gasteiger partial charge < -0.3 is 4.90 Å². The van der Waals surface area contributed by atoms with Gasteiger partial charge in [0.25, 0.3) is 5.91 Å². The molecule has 3 rings (SSSR count). The van der Waals surface area contributed by atoms with E-state index < -0.39 is 0 Å². The number of hydrogen-bond acceptors (Lipinski definition) is 2. The topological polar surface area (TPSA) is 49.0 Å². The molecule has 1 aliphatic heterocycles. The van der Waals surface area contributed by atoms with Crippen molar-refractivity contribution in [1.29, 1.82) is 0 Å². The zero-order valence-electron chi connectivity index (χ0n) is 11.2. The molecule has 1 aromatic carbocycles. The average molecular weight is 245 g/mol. The summed E-state index contributed by atoms with van der Waals surface area (Å²) in [6.07, 6.45) is 0.854. The summed E-state index contributed by atoms with van der Waals surface area (Å²) >= 11 is 0. The van der Waals surface area contributed by atoms with Crippen molar-refractivity contribution < 1.29 is 4.79 Å². The summed E-state index contributed by atoms with van der Waals surface area (Å²) in [4.78, 5) is 14.1. The van der Waals surface area contributed by atoms with Crippen LogP contribution in [0.2, 0.25) is 0 Å². The molecule has 1 aliphatic rings. The van der Waals surface area contributed by atoms with Crippen LogP contribution in [0.25, 0.3) is 10.9 Å². The SMILES string of the molecule is CC.CCN1CCc2[nH]nc3cccc(c23)C1=O. The van der Waals surface area contributed by atoms with Crippen LogP contribution in [0.4, 0.5) is 0 Å². The Hall–Kier alpha value is -1.84. The normalized spacial score (nSPS) is 14.2. The molecule has 0 bridgehead atoms. The van der Waals surface area contributed by atoms with E-state index in [0.717, 1.165) is 41.7 Å². The van der Waals surface area contributed by atoms with Gasteiger partial charge in [-0.05, 0) is 19.1 Å². The molecule has 4 heteroatoms. The highest BCUT2D eigenvalue weighted by molar-refractivity contribution is 6.07. The second-order valence-corrected chi connectivity index (χ2v) is 4.04. The average Bonchev–Trinajstić information content (AvgIpc) is 2.78. The summed E-state index contributed by atoms with van der Waals surface area (Å²) < 4.78 is 0. The van der Waals surface area contributed by atoms with Crippen molar-refractivity contribution in [3.8, 4) is 0 Å². The zero-order valence-corrected chi connectivity index (χ0v) is 11.2. The van der Waals surface area contributed by atoms with Crippen LogP contribution < -0.4 is 0 Å². The van der Waals surface area contributed by atoms with Crippen LogP contribution in [-0.2, 0) is 6.42 Å². The van der Waals surface area contributed by atoms with Crippen molar-refractivity contribution >= 4 is 16.8 Å². The molecule has 0 radical (unpaired) electrons. The third-order valence-corrected chi connectivity index (χ3v) is 3.19. The quantitative estimate of drug-likeness (QED) is 0.839. The molecule has 2 heterocycles. The Morgan fingerprint density at radius 1 is 1.39 bits per heavy atom. The Balaban J connectivity index is 0.000000574. The fraction of sp³-hybridized carbons (Fsp3) is 0.429. The number of carbonyl (C=O) groups is 1. The maximum absolute atomic E-state index is 12.2. The lowest BCUT2D eigenvalue weighted by Gasteiger charge is -2.18. The smallest absolute Gasteiger partial charge is 0.254 e. The van der Waals surface area contributed by atoms with Gasteiger partial charge >= 0.3 is 0 Å². The minimum absolute atomic E-state index is 0.119. The van der Waals surface area contributed by atoms with Crippen LogP contribution in [0.5, 0.6) is 0 Å². The number of amides is 1. The van der Waals surface area contributed by atoms with E-state index in [1.165, 1.54) is 0 Å². The molecule has 0 saturated carbocycles. The molecule has 2 aromatic rings. The molecule has 1 amide bonds. The van der Waals surface area contributed by atoms with Crippen LogP contribution in [0.1, 0.15) is 36.8 Å². The maximum atomic E-state index is 12.2. The van der Waals surface area contributed by atoms with E-state index in [-0.39, 0.29) is 5.91 Å². The van der Waals surface area contributed by atoms with E-state index in [0.29, 0.717) is 0 Å². The van der Waals surface area contributed by atoms with Gasteiger partial charge in [-0.2, -0.15) is 5.10 Å². The van der Waals surface area contributed by atoms with Crippen molar-refractivity contribution in [2.45, 2.75) is 27.2 Å². The van der Waals surface area contributed by atoms with Gasteiger partial charge in [0.15, 0.2) is 0 Å². The molecule has 96 valence electrons. The molecule has 1 aromatic heterocycles. The third kappa shape index (κ3) is 1.88. The van der Waals surface area contributed by atoms with Gasteiger partial charge in [-0.3, -0.25) is 9.89 Å². The first-order chi connectivity index (χ1) is 8.81. The third-order valence-electron chi connectivity index (χ3n) is 3.19. The summed E-state index contributed by atoms with van der Waals surface area (Å²) in [7, 11) is 0. The maximum Gasteiger partial charge on any atom is 0.254 e. The fourth-order valence-corrected chi connectivity index (χ4v) is 2.31. The summed E-state index contributed by atoms with van der Waals surface area (Å²) in [6, 6.07) is 5.71. The lowest BCUT2D eigenvalue weighted by Crippen LogP contribution is -2.31. The molecular formula is C14H19N3O. The molecule has 0 saturated heterocycles. The summed E-state index contributed by atoms with van der Waals surface area (Å²) in [6.45, 7) is 7.53. The van der Waals surface area contributed by atoms with Gasteiger partial charge in [0, 0.05) is 30.6 Å². The van der Waals surface area contributed by atoms with E-state index >= 15 is 0 Å². The van der Waals surface area contributed by atoms with E-state index in [2.05, 4.69) is 10.2 Å². The number of benzene rings is 1. The Labute approximate surface area is 107 Å². The van der Waals surface area contributed by atoms with Crippen LogP contribution in [0.15, 0.2) is 18.2 Å². The number of hydrogen-bond donors (Lipinski definition) is 1. The lowest BCUT2D eigenvalue weighted by molar-refractivity contribution is 0.0771. The molecular weight excluding hydrogens is 226 g/mol. The summed E-state index contributed by atoms with van der Waals surface area (Å²) in [5.74, 6) is 0.119. The zero-order chi connectivity index (χ0) is 13.1. The minimum atomic E-state index is 0.119. The molecule has 18 heavy (non-hydrogen) atoms. The Morgan fingerprint density at radius 2 is 2.17 bits per heavy atom. The van der Waals surface area contributed by atoms with E-state index in [9.17, 15) is 4.79 Å². The largest absolute Gasteiger partial charge is 0.339 e. The van der Waals surface area contributed by atoms with Gasteiger partial charge in [0.05, 0.1) is 11.1 Å². The fourth-order valence-electron chi connectivity index (χ4n) is 2.31. The van der Waals surface area contributed by atoms with Crippen LogP contribution in [0, 0.1) is 0 Å². The van der Waals surface area contributed by atoms with Crippen molar-refractivity contribution in [3.63, 3.8) is 0 Å². The summed E-state index contributed by atoms with van der Waals surface area (Å²) in [5.41, 5.74) is 2.74. The Bertz CT molecular complexity index is 559. The standard InChI is InChI=1S/C12H13N3O.C2H6/c1-2-15-7-6-10-11-8(12(15)16)4-3-5-9(11)13-14-10;1-2/h3-5H,2,6-7H2,1H3,(H,13,14);1-2H3. The Kier molecular flexibility index (Phi) is 3.65. The van der Waals surface area contributed by atoms with Gasteiger partial charge in [-0.25, -0.2) is 0 Å². The van der Waals surface area contributed by atoms with Crippen molar-refractivity contribution in [2.24, 2.45) is 0 Å². The van der Waals surface area contributed by atoms with Gasteiger partial charge in [-0.15, -0.1) is 0 Å². The number of carbonyl (C=O) groups excluding carboxylic acids is 1. The molecule has 0 aliphatic carbocycles. The first-order valence-corrected chi connectivity index (χ1v) is 6.56. The number of aromatic nitrogens is 2. The molecule has 0 fully saturated rings. The van der Waals surface area contributed by atoms with Crippen molar-refractivity contribution in [2.75, 3.05) is 13.1 Å². The summed E-state index contributed by atoms with van der Waals surface area (Å²) in [5, 5.41) is 8.26. The molecule has 0 atom stereocenters. The highest BCUT2D eigenvalue weighted by Gasteiger charge is 2.23. The van der Waals surface area contributed by atoms with E-state index in [1.807, 2.05) is 43.9 Å². The second kappa shape index (κ2) is 5.21. The van der Waals surface area contributed by atoms with Crippen LogP contribution >= 0.6 is 0 Å². The molecule has 4 nitrogen and oxygen atoms in total. The first kappa shape index (κ1) is 12.6. The molecule has 0 unspecified atom stereocenters. The first-order valence-electron chi connectivity index (χ1n) is 6.56. The van der Waals surface area contributed by atoms with E-state index in [1.54, 1.807) is 0 Å². The minimum Gasteiger partial charge on any atom is -0.339 e. The predicted octanol–water partition coefficient (Wildman–Crippen LogP) is 2.61. The van der Waals surface area contributed by atoms with Crippen molar-refractivity contribution in [1.82, 2.24) is 15.1 Å². The van der Waals surface area contributed by atoms with Crippen LogP contribution in [0.3, 0.4) is 0 Å². The lowest BCUT2D eigenvalue weighted by atomic mass is 10.1. The second-order valence-electron chi connectivity index (χ2n) is 4.04. The number of likely N-dealkylation sites (N-methyl/N-ethyl adjacent to an activating group) is 1. The number of rotatable bonds is 1. The van der Waals surface area contributed by atoms with Gasteiger partial charge in [-0.1, -0.05) is 19.9 Å². The molecule has 0 spiro atoms.